The van der Waals surface area contributed by atoms with E-state index < -0.39 is 11.7 Å². The van der Waals surface area contributed by atoms with Crippen molar-refractivity contribution in [3.8, 4) is 0 Å². The van der Waals surface area contributed by atoms with Crippen molar-refractivity contribution in [3.63, 3.8) is 0 Å². The first-order valence-electron chi connectivity index (χ1n) is 8.69. The van der Waals surface area contributed by atoms with E-state index in [-0.39, 0.29) is 5.91 Å². The van der Waals surface area contributed by atoms with Gasteiger partial charge in [-0.2, -0.15) is 13.2 Å². The number of halogens is 3. The molecule has 0 atom stereocenters. The molecule has 1 aromatic carbocycles. The first-order chi connectivity index (χ1) is 12.8. The van der Waals surface area contributed by atoms with Crippen molar-refractivity contribution in [1.82, 2.24) is 10.1 Å². The van der Waals surface area contributed by atoms with E-state index in [1.165, 1.54) is 12.1 Å². The zero-order valence-corrected chi connectivity index (χ0v) is 14.9. The van der Waals surface area contributed by atoms with E-state index in [0.29, 0.717) is 56.4 Å². The molecule has 2 heterocycles. The SMILES string of the molecule is Cc1cc(NC(=O)CCN2CCN(c3cccc(C(F)(F)F)c3)CC2)no1. The highest BCUT2D eigenvalue weighted by molar-refractivity contribution is 5.89. The topological polar surface area (TPSA) is 61.6 Å². The second kappa shape index (κ2) is 7.99. The summed E-state index contributed by atoms with van der Waals surface area (Å²) >= 11 is 0. The Kier molecular flexibility index (Phi) is 5.69. The number of aryl methyl sites for hydroxylation is 1. The van der Waals surface area contributed by atoms with Crippen LogP contribution in [0.4, 0.5) is 24.7 Å². The van der Waals surface area contributed by atoms with Crippen LogP contribution in [0.15, 0.2) is 34.9 Å². The van der Waals surface area contributed by atoms with Gasteiger partial charge in [0.25, 0.3) is 0 Å². The number of aromatic nitrogens is 1. The molecule has 0 bridgehead atoms. The largest absolute Gasteiger partial charge is 0.416 e. The maximum absolute atomic E-state index is 12.9. The molecule has 1 saturated heterocycles. The molecule has 2 aromatic rings. The first-order valence-corrected chi connectivity index (χ1v) is 8.69. The van der Waals surface area contributed by atoms with Gasteiger partial charge in [0, 0.05) is 50.9 Å². The molecule has 6 nitrogen and oxygen atoms in total. The molecule has 1 aliphatic rings. The predicted octanol–water partition coefficient (Wildman–Crippen LogP) is 3.15. The van der Waals surface area contributed by atoms with Crippen LogP contribution < -0.4 is 10.2 Å². The normalized spacial score (nSPS) is 15.8. The van der Waals surface area contributed by atoms with Gasteiger partial charge in [-0.25, -0.2) is 0 Å². The molecule has 1 aromatic heterocycles. The lowest BCUT2D eigenvalue weighted by molar-refractivity contribution is -0.137. The molecule has 0 spiro atoms. The maximum Gasteiger partial charge on any atom is 0.416 e. The number of carbonyl (C=O) groups is 1. The highest BCUT2D eigenvalue weighted by Crippen LogP contribution is 2.31. The second-order valence-electron chi connectivity index (χ2n) is 6.50. The predicted molar refractivity (Wildman–Crippen MR) is 94.6 cm³/mol. The van der Waals surface area contributed by atoms with Crippen molar-refractivity contribution < 1.29 is 22.5 Å². The summed E-state index contributed by atoms with van der Waals surface area (Å²) in [5.74, 6) is 0.867. The van der Waals surface area contributed by atoms with Gasteiger partial charge >= 0.3 is 6.18 Å². The van der Waals surface area contributed by atoms with E-state index in [1.807, 2.05) is 4.90 Å². The molecule has 0 radical (unpaired) electrons. The number of carbonyl (C=O) groups excluding carboxylic acids is 1. The molecule has 0 unspecified atom stereocenters. The van der Waals surface area contributed by atoms with Gasteiger partial charge < -0.3 is 14.7 Å². The van der Waals surface area contributed by atoms with Crippen molar-refractivity contribution in [2.75, 3.05) is 42.9 Å². The third-order valence-corrected chi connectivity index (χ3v) is 4.46. The molecule has 1 N–H and O–H groups in total. The lowest BCUT2D eigenvalue weighted by Crippen LogP contribution is -2.47. The molecule has 1 fully saturated rings. The fraction of sp³-hybridized carbons (Fsp3) is 0.444. The van der Waals surface area contributed by atoms with E-state index in [2.05, 4.69) is 15.4 Å². The Balaban J connectivity index is 1.46. The standard InChI is InChI=1S/C18H21F3N4O2/c1-13-11-16(23-27-13)22-17(26)5-6-24-7-9-25(10-8-24)15-4-2-3-14(12-15)18(19,20)21/h2-4,11-12H,5-10H2,1H3,(H,22,23,26). The number of rotatable bonds is 5. The summed E-state index contributed by atoms with van der Waals surface area (Å²) in [5, 5.41) is 6.38. The number of nitrogens with zero attached hydrogens (tertiary/aromatic N) is 3. The van der Waals surface area contributed by atoms with Crippen molar-refractivity contribution >= 4 is 17.4 Å². The number of nitrogens with one attached hydrogen (secondary N) is 1. The van der Waals surface area contributed by atoms with Gasteiger partial charge in [-0.05, 0) is 25.1 Å². The van der Waals surface area contributed by atoms with Crippen molar-refractivity contribution in [2.24, 2.45) is 0 Å². The second-order valence-corrected chi connectivity index (χ2v) is 6.50. The number of anilines is 2. The Bertz CT molecular complexity index is 783. The molecule has 0 aliphatic carbocycles. The highest BCUT2D eigenvalue weighted by atomic mass is 19.4. The van der Waals surface area contributed by atoms with E-state index in [0.717, 1.165) is 6.07 Å². The van der Waals surface area contributed by atoms with E-state index in [1.54, 1.807) is 19.1 Å². The molecule has 0 saturated carbocycles. The third-order valence-electron chi connectivity index (χ3n) is 4.46. The van der Waals surface area contributed by atoms with E-state index in [4.69, 9.17) is 4.52 Å². The smallest absolute Gasteiger partial charge is 0.369 e. The minimum atomic E-state index is -4.34. The number of benzene rings is 1. The summed E-state index contributed by atoms with van der Waals surface area (Å²) in [6.07, 6.45) is -4.02. The summed E-state index contributed by atoms with van der Waals surface area (Å²) in [4.78, 5) is 16.0. The van der Waals surface area contributed by atoms with Gasteiger partial charge in [-0.15, -0.1) is 0 Å². The molecule has 146 valence electrons. The van der Waals surface area contributed by atoms with Crippen LogP contribution in [0.3, 0.4) is 0 Å². The van der Waals surface area contributed by atoms with Crippen LogP contribution in [0.1, 0.15) is 17.7 Å². The number of alkyl halides is 3. The molecule has 9 heteroatoms. The summed E-state index contributed by atoms with van der Waals surface area (Å²) < 4.78 is 43.5. The van der Waals surface area contributed by atoms with Crippen LogP contribution in [0.25, 0.3) is 0 Å². The van der Waals surface area contributed by atoms with Crippen LogP contribution in [0, 0.1) is 6.92 Å². The van der Waals surface area contributed by atoms with Gasteiger partial charge in [0.05, 0.1) is 5.56 Å². The lowest BCUT2D eigenvalue weighted by Gasteiger charge is -2.36. The Morgan fingerprint density at radius 1 is 1.22 bits per heavy atom. The fourth-order valence-electron chi connectivity index (χ4n) is 3.00. The minimum Gasteiger partial charge on any atom is -0.369 e. The van der Waals surface area contributed by atoms with Crippen LogP contribution in [-0.2, 0) is 11.0 Å². The average molecular weight is 382 g/mol. The molecular formula is C18H21F3N4O2. The number of piperazine rings is 1. The Labute approximate surface area is 154 Å². The van der Waals surface area contributed by atoms with Gasteiger partial charge in [-0.3, -0.25) is 9.69 Å². The van der Waals surface area contributed by atoms with E-state index >= 15 is 0 Å². The number of hydrogen-bond acceptors (Lipinski definition) is 5. The van der Waals surface area contributed by atoms with Crippen molar-refractivity contribution in [3.05, 3.63) is 41.7 Å². The summed E-state index contributed by atoms with van der Waals surface area (Å²) in [7, 11) is 0. The summed E-state index contributed by atoms with van der Waals surface area (Å²) in [5.41, 5.74) is -0.0641. The zero-order valence-electron chi connectivity index (χ0n) is 14.9. The third kappa shape index (κ3) is 5.22. The number of amides is 1. The fourth-order valence-corrected chi connectivity index (χ4v) is 3.00. The van der Waals surface area contributed by atoms with Gasteiger partial charge in [-0.1, -0.05) is 11.2 Å². The maximum atomic E-state index is 12.9. The molecule has 27 heavy (non-hydrogen) atoms. The van der Waals surface area contributed by atoms with Gasteiger partial charge in [0.2, 0.25) is 5.91 Å². The Morgan fingerprint density at radius 3 is 2.59 bits per heavy atom. The van der Waals surface area contributed by atoms with Crippen LogP contribution in [0.5, 0.6) is 0 Å². The first kappa shape index (κ1) is 19.2. The van der Waals surface area contributed by atoms with Crippen molar-refractivity contribution in [1.29, 1.82) is 0 Å². The lowest BCUT2D eigenvalue weighted by atomic mass is 10.1. The monoisotopic (exact) mass is 382 g/mol. The summed E-state index contributed by atoms with van der Waals surface area (Å²) in [6.45, 7) is 4.93. The Morgan fingerprint density at radius 2 is 1.96 bits per heavy atom. The quantitative estimate of drug-likeness (QED) is 0.861. The van der Waals surface area contributed by atoms with E-state index in [9.17, 15) is 18.0 Å². The summed E-state index contributed by atoms with van der Waals surface area (Å²) in [6, 6.07) is 7.03. The zero-order chi connectivity index (χ0) is 19.4. The van der Waals surface area contributed by atoms with Crippen LogP contribution >= 0.6 is 0 Å². The molecular weight excluding hydrogens is 361 g/mol. The molecule has 1 amide bonds. The molecule has 1 aliphatic heterocycles. The minimum absolute atomic E-state index is 0.149. The van der Waals surface area contributed by atoms with Gasteiger partial charge in [0.15, 0.2) is 5.82 Å². The average Bonchev–Trinajstić information content (AvgIpc) is 3.04. The van der Waals surface area contributed by atoms with Crippen LogP contribution in [-0.4, -0.2) is 48.7 Å². The molecule has 3 rings (SSSR count). The number of hydrogen-bond donors (Lipinski definition) is 1. The Hall–Kier alpha value is -2.55. The van der Waals surface area contributed by atoms with Crippen LogP contribution in [0.2, 0.25) is 0 Å². The van der Waals surface area contributed by atoms with Crippen molar-refractivity contribution in [2.45, 2.75) is 19.5 Å². The highest BCUT2D eigenvalue weighted by Gasteiger charge is 2.31. The van der Waals surface area contributed by atoms with Gasteiger partial charge in [0.1, 0.15) is 5.76 Å².